The molecule has 28 nitrogen and oxygen atoms in total. The van der Waals surface area contributed by atoms with Crippen molar-refractivity contribution < 1.29 is 62.6 Å². The third-order valence-corrected chi connectivity index (χ3v) is 17.6. The first kappa shape index (κ1) is 69.9. The molecule has 0 aliphatic carbocycles. The summed E-state index contributed by atoms with van der Waals surface area (Å²) in [4.78, 5) is 183. The number of aliphatic carboxylic acids is 1. The van der Waals surface area contributed by atoms with Gasteiger partial charge >= 0.3 is 5.97 Å². The lowest BCUT2D eigenvalue weighted by atomic mass is 10.0. The van der Waals surface area contributed by atoms with Crippen LogP contribution in [0.4, 0.5) is 0 Å². The summed E-state index contributed by atoms with van der Waals surface area (Å²) >= 11 is 0. The number of aromatic nitrogens is 2. The van der Waals surface area contributed by atoms with Crippen LogP contribution in [0.5, 0.6) is 0 Å². The van der Waals surface area contributed by atoms with E-state index in [4.69, 9.17) is 17.2 Å². The maximum Gasteiger partial charge on any atom is 0.305 e. The molecule has 2 aromatic heterocycles. The van der Waals surface area contributed by atoms with E-state index in [1.165, 1.54) is 9.80 Å². The van der Waals surface area contributed by atoms with Crippen LogP contribution in [0.15, 0.2) is 121 Å². The molecule has 4 aromatic carbocycles. The Bertz CT molecular complexity index is 3770. The molecule has 0 radical (unpaired) electrons. The fourth-order valence-corrected chi connectivity index (χ4v) is 12.7. The van der Waals surface area contributed by atoms with Gasteiger partial charge in [-0.15, -0.1) is 0 Å². The zero-order valence-electron chi connectivity index (χ0n) is 53.0. The number of primary amides is 1. The largest absolute Gasteiger partial charge is 0.481 e. The normalized spacial score (nSPS) is 24.1. The van der Waals surface area contributed by atoms with Crippen molar-refractivity contribution in [3.8, 4) is 0 Å². The molecule has 3 aliphatic heterocycles. The molecule has 5 heterocycles. The molecule has 3 aliphatic rings. The van der Waals surface area contributed by atoms with E-state index < -0.39 is 144 Å². The summed E-state index contributed by atoms with van der Waals surface area (Å²) in [5.74, 6) is -11.4. The molecule has 28 heteroatoms. The minimum Gasteiger partial charge on any atom is -0.481 e. The van der Waals surface area contributed by atoms with Crippen molar-refractivity contribution in [1.82, 2.24) is 62.3 Å². The maximum atomic E-state index is 15.2. The highest BCUT2D eigenvalue weighted by Gasteiger charge is 2.43. The predicted molar refractivity (Wildman–Crippen MR) is 352 cm³/mol. The van der Waals surface area contributed by atoms with Crippen LogP contribution in [-0.4, -0.2) is 182 Å². The number of carboxylic acids is 1. The molecule has 9 rings (SSSR count). The number of nitrogens with one attached hydrogen (secondary N) is 10. The number of amides is 11. The Kier molecular flexibility index (Phi) is 24.1. The highest BCUT2D eigenvalue weighted by molar-refractivity contribution is 6.01. The fraction of sp³-hybridized carbons (Fsp3) is 0.412. The van der Waals surface area contributed by atoms with Crippen molar-refractivity contribution in [2.75, 3.05) is 26.2 Å². The van der Waals surface area contributed by atoms with Gasteiger partial charge in [0, 0.05) is 67.1 Å². The van der Waals surface area contributed by atoms with E-state index in [0.29, 0.717) is 38.8 Å². The minimum absolute atomic E-state index is 0.000538. The number of benzene rings is 4. The number of hydrogen-bond donors (Lipinski definition) is 14. The number of H-pyrrole nitrogens is 2. The zero-order valence-corrected chi connectivity index (χ0v) is 53.0. The van der Waals surface area contributed by atoms with Gasteiger partial charge in [-0.3, -0.25) is 57.5 Å². The summed E-state index contributed by atoms with van der Waals surface area (Å²) in [5, 5.41) is 33.2. The van der Waals surface area contributed by atoms with Crippen molar-refractivity contribution >= 4 is 92.8 Å². The molecule has 0 bridgehead atoms. The molecule has 10 atom stereocenters. The third kappa shape index (κ3) is 18.3. The maximum absolute atomic E-state index is 15.2. The second kappa shape index (κ2) is 33.1. The molecule has 0 spiro atoms. The standard InChI is InChI=1S/C68H83N15O13/c69-27-11-23-47-59(87)76-49(34-42-38-72-46-22-10-8-20-44(42)46)61(89)80-53(31-39-15-3-1-4-16-39)67(95)83-30-14-26-56(83)66(94)79-52(37-58(85)86)64(92)75-48(24-12-28-70)60(88)77-50(35-43-33-41-19-7-9-21-45(41)73-43)62(90)81-54(32-40-17-5-2-6-18-40)68(96)82-29-13-25-55(82)65(93)78-51(36-57(71)84)63(91)74-47/h1-10,15-22,33,38,47-56,72-73H,11-14,23-32,34-37,69-70H2,(H2,71,84)(H,74,91)(H,75,92)(H,76,87)(H,77,88)(H,78,93)(H,79,94)(H,80,89)(H,81,90)(H,85,86)/t47-,48-,49-,50-,51-,52-,53+,54+,55-,56-/m0/s1. The molecule has 508 valence electrons. The van der Waals surface area contributed by atoms with Gasteiger partial charge in [-0.2, -0.15) is 0 Å². The van der Waals surface area contributed by atoms with Crippen LogP contribution in [-0.2, 0) is 83.2 Å². The van der Waals surface area contributed by atoms with Crippen molar-refractivity contribution in [1.29, 1.82) is 0 Å². The Labute approximate surface area is 553 Å². The lowest BCUT2D eigenvalue weighted by Gasteiger charge is -2.32. The number of fused-ring (bicyclic) bond motifs is 4. The molecular formula is C68H83N15O13. The first-order valence-corrected chi connectivity index (χ1v) is 32.4. The van der Waals surface area contributed by atoms with Gasteiger partial charge in [0.2, 0.25) is 65.0 Å². The van der Waals surface area contributed by atoms with Gasteiger partial charge < -0.3 is 84.6 Å². The number of aromatic amines is 2. The summed E-state index contributed by atoms with van der Waals surface area (Å²) in [6, 6.07) is 18.5. The van der Waals surface area contributed by atoms with E-state index in [1.54, 1.807) is 97.2 Å². The quantitative estimate of drug-likeness (QED) is 0.0522. The third-order valence-electron chi connectivity index (χ3n) is 17.6. The fourth-order valence-electron chi connectivity index (χ4n) is 12.7. The van der Waals surface area contributed by atoms with Crippen molar-refractivity contribution in [2.45, 2.75) is 150 Å². The van der Waals surface area contributed by atoms with E-state index in [0.717, 1.165) is 5.39 Å². The number of hydrogen-bond acceptors (Lipinski definition) is 14. The molecule has 0 unspecified atom stereocenters. The Hall–Kier alpha value is -10.5. The van der Waals surface area contributed by atoms with Gasteiger partial charge in [0.05, 0.1) is 12.8 Å². The van der Waals surface area contributed by atoms with Gasteiger partial charge in [-0.1, -0.05) is 97.1 Å². The smallest absolute Gasteiger partial charge is 0.305 e. The first-order valence-electron chi connectivity index (χ1n) is 32.4. The monoisotopic (exact) mass is 1320 g/mol. The number of carboxylic acid groups (broad SMARTS) is 1. The topological polar surface area (TPSA) is 437 Å². The number of nitrogens with zero attached hydrogens (tertiary/aromatic N) is 2. The summed E-state index contributed by atoms with van der Waals surface area (Å²) in [6.45, 7) is 0.0509. The molecule has 3 saturated heterocycles. The summed E-state index contributed by atoms with van der Waals surface area (Å²) in [6.07, 6.45) is -0.0532. The van der Waals surface area contributed by atoms with E-state index in [1.807, 2.05) is 24.3 Å². The lowest BCUT2D eigenvalue weighted by molar-refractivity contribution is -0.144. The Morgan fingerprint density at radius 1 is 0.458 bits per heavy atom. The molecule has 0 saturated carbocycles. The van der Waals surface area contributed by atoms with Crippen LogP contribution in [0, 0.1) is 0 Å². The predicted octanol–water partition coefficient (Wildman–Crippen LogP) is -0.378. The molecule has 11 amide bonds. The van der Waals surface area contributed by atoms with Gasteiger partial charge in [0.15, 0.2) is 0 Å². The Morgan fingerprint density at radius 3 is 1.36 bits per heavy atom. The van der Waals surface area contributed by atoms with Gasteiger partial charge in [0.25, 0.3) is 0 Å². The summed E-state index contributed by atoms with van der Waals surface area (Å²) < 4.78 is 0. The van der Waals surface area contributed by atoms with Crippen LogP contribution in [0.2, 0.25) is 0 Å². The minimum atomic E-state index is -1.84. The Balaban J connectivity index is 1.11. The first-order chi connectivity index (χ1) is 46.3. The highest BCUT2D eigenvalue weighted by Crippen LogP contribution is 2.25. The van der Waals surface area contributed by atoms with Crippen molar-refractivity contribution in [2.24, 2.45) is 17.2 Å². The van der Waals surface area contributed by atoms with Gasteiger partial charge in [-0.05, 0) is 105 Å². The van der Waals surface area contributed by atoms with Crippen LogP contribution in [0.25, 0.3) is 21.8 Å². The second-order valence-electron chi connectivity index (χ2n) is 24.5. The average molecular weight is 1320 g/mol. The van der Waals surface area contributed by atoms with Gasteiger partial charge in [0.1, 0.15) is 60.4 Å². The molecule has 3 fully saturated rings. The van der Waals surface area contributed by atoms with Crippen molar-refractivity contribution in [3.05, 3.63) is 144 Å². The van der Waals surface area contributed by atoms with E-state index in [9.17, 15) is 43.5 Å². The molecular weight excluding hydrogens is 1230 g/mol. The Morgan fingerprint density at radius 2 is 0.875 bits per heavy atom. The SMILES string of the molecule is NCCC[C@@H]1NC(=O)[C@H](CC(=O)O)NC(=O)[C@@H]2CCCN2C(=O)[C@@H](Cc2ccccc2)NC(=O)[C@H](Cc2c[nH]c3ccccc23)NC(=O)[C@H](CCCN)NC(=O)[C@H](CC(N)=O)NC(=O)[C@@H]2CCCN2C(=O)[C@@H](Cc2ccccc2)NC(=O)[C@H](Cc2cc3ccccc3[nH]2)NC1=O. The van der Waals surface area contributed by atoms with Crippen molar-refractivity contribution in [3.63, 3.8) is 0 Å². The highest BCUT2D eigenvalue weighted by atomic mass is 16.4. The number of carbonyl (C=O) groups is 12. The number of rotatable bonds is 18. The van der Waals surface area contributed by atoms with E-state index in [-0.39, 0.29) is 103 Å². The van der Waals surface area contributed by atoms with E-state index >= 15 is 19.2 Å². The van der Waals surface area contributed by atoms with Crippen LogP contribution in [0.3, 0.4) is 0 Å². The van der Waals surface area contributed by atoms with Crippen LogP contribution in [0.1, 0.15) is 86.6 Å². The molecule has 17 N–H and O–H groups in total. The van der Waals surface area contributed by atoms with Gasteiger partial charge in [-0.25, -0.2) is 0 Å². The van der Waals surface area contributed by atoms with E-state index in [2.05, 4.69) is 52.5 Å². The van der Waals surface area contributed by atoms with Crippen LogP contribution < -0.4 is 59.7 Å². The average Bonchev–Trinajstić information content (AvgIpc) is 1.59. The second-order valence-corrected chi connectivity index (χ2v) is 24.5. The lowest BCUT2D eigenvalue weighted by Crippen LogP contribution is -2.62. The summed E-state index contributed by atoms with van der Waals surface area (Å²) in [5.41, 5.74) is 21.2. The van der Waals surface area contributed by atoms with Crippen LogP contribution >= 0.6 is 0 Å². The number of nitrogens with two attached hydrogens (primary N) is 3. The number of para-hydroxylation sites is 2. The number of carbonyl (C=O) groups excluding carboxylic acids is 11. The zero-order chi connectivity index (χ0) is 68.4. The summed E-state index contributed by atoms with van der Waals surface area (Å²) in [7, 11) is 0. The molecule has 6 aromatic rings. The molecule has 96 heavy (non-hydrogen) atoms.